The zero-order chi connectivity index (χ0) is 20.2. The lowest BCUT2D eigenvalue weighted by Gasteiger charge is -2.28. The maximum atomic E-state index is 5.41. The van der Waals surface area contributed by atoms with E-state index in [1.54, 1.807) is 6.21 Å². The molecule has 1 saturated heterocycles. The fourth-order valence-electron chi connectivity index (χ4n) is 2.50. The predicted molar refractivity (Wildman–Crippen MR) is 123 cm³/mol. The molecule has 0 aliphatic carbocycles. The van der Waals surface area contributed by atoms with E-state index in [2.05, 4.69) is 48.7 Å². The number of hydrogen-bond acceptors (Lipinski definition) is 6. The Morgan fingerprint density at radius 3 is 2.25 bits per heavy atom. The first kappa shape index (κ1) is 22.0. The van der Waals surface area contributed by atoms with Crippen LogP contribution in [0.3, 0.4) is 0 Å². The molecular weight excluding hydrogens is 394 g/mol. The van der Waals surface area contributed by atoms with Gasteiger partial charge in [0.1, 0.15) is 5.71 Å². The molecule has 152 valence electrons. The molecular formula is C18H27N7OS2. The molecule has 4 N–H and O–H groups in total. The average molecular weight is 422 g/mol. The number of ether oxygens (including phenoxy) is 1. The van der Waals surface area contributed by atoms with E-state index in [1.165, 1.54) is 0 Å². The summed E-state index contributed by atoms with van der Waals surface area (Å²) in [7, 11) is 0. The molecule has 1 aliphatic heterocycles. The van der Waals surface area contributed by atoms with Crippen LogP contribution in [0.2, 0.25) is 0 Å². The highest BCUT2D eigenvalue weighted by molar-refractivity contribution is 7.80. The van der Waals surface area contributed by atoms with Gasteiger partial charge in [-0.1, -0.05) is 12.1 Å². The van der Waals surface area contributed by atoms with E-state index in [4.69, 9.17) is 29.2 Å². The first-order valence-corrected chi connectivity index (χ1v) is 10.1. The van der Waals surface area contributed by atoms with Gasteiger partial charge in [0.2, 0.25) is 0 Å². The van der Waals surface area contributed by atoms with Crippen molar-refractivity contribution >= 4 is 52.3 Å². The number of thiocarbonyl (C=S) groups is 2. The van der Waals surface area contributed by atoms with E-state index in [0.29, 0.717) is 15.9 Å². The summed E-state index contributed by atoms with van der Waals surface area (Å²) in [5.74, 6) is 0. The molecule has 1 fully saturated rings. The van der Waals surface area contributed by atoms with Crippen LogP contribution < -0.4 is 26.4 Å². The maximum absolute atomic E-state index is 5.41. The summed E-state index contributed by atoms with van der Waals surface area (Å²) in [4.78, 5) is 2.30. The molecule has 28 heavy (non-hydrogen) atoms. The number of nitrogens with one attached hydrogen (secondary N) is 4. The van der Waals surface area contributed by atoms with Crippen LogP contribution in [0.4, 0.5) is 5.69 Å². The van der Waals surface area contributed by atoms with Gasteiger partial charge in [0.15, 0.2) is 10.2 Å². The van der Waals surface area contributed by atoms with Crippen LogP contribution in [0, 0.1) is 0 Å². The Hall–Kier alpha value is -2.30. The molecule has 0 amide bonds. The highest BCUT2D eigenvalue weighted by Gasteiger charge is 2.11. The lowest BCUT2D eigenvalue weighted by Crippen LogP contribution is -2.36. The molecule has 10 heteroatoms. The van der Waals surface area contributed by atoms with Gasteiger partial charge in [-0.2, -0.15) is 10.2 Å². The summed E-state index contributed by atoms with van der Waals surface area (Å²) in [5.41, 5.74) is 8.30. The topological polar surface area (TPSA) is 85.3 Å². The van der Waals surface area contributed by atoms with Crippen LogP contribution >= 0.6 is 24.4 Å². The first-order valence-electron chi connectivity index (χ1n) is 9.25. The molecule has 2 rings (SSSR count). The number of morpholine rings is 1. The van der Waals surface area contributed by atoms with E-state index >= 15 is 0 Å². The van der Waals surface area contributed by atoms with Crippen molar-refractivity contribution in [2.75, 3.05) is 44.3 Å². The van der Waals surface area contributed by atoms with Crippen molar-refractivity contribution in [2.45, 2.75) is 13.8 Å². The van der Waals surface area contributed by atoms with Gasteiger partial charge in [-0.25, -0.2) is 0 Å². The molecule has 1 heterocycles. The van der Waals surface area contributed by atoms with Gasteiger partial charge >= 0.3 is 0 Å². The highest BCUT2D eigenvalue weighted by atomic mass is 32.1. The van der Waals surface area contributed by atoms with Gasteiger partial charge in [0, 0.05) is 37.4 Å². The maximum Gasteiger partial charge on any atom is 0.186 e. The minimum atomic E-state index is 0.453. The Balaban J connectivity index is 2.12. The second-order valence-corrected chi connectivity index (χ2v) is 6.66. The zero-order valence-electron chi connectivity index (χ0n) is 16.2. The van der Waals surface area contributed by atoms with Crippen LogP contribution in [-0.4, -0.2) is 61.5 Å². The Kier molecular flexibility index (Phi) is 9.60. The molecule has 0 atom stereocenters. The van der Waals surface area contributed by atoms with Gasteiger partial charge in [-0.3, -0.25) is 10.9 Å². The first-order chi connectivity index (χ1) is 13.6. The summed E-state index contributed by atoms with van der Waals surface area (Å²) in [6, 6.07) is 8.17. The van der Waals surface area contributed by atoms with Gasteiger partial charge < -0.3 is 20.3 Å². The van der Waals surface area contributed by atoms with Gasteiger partial charge in [0.05, 0.1) is 19.4 Å². The lowest BCUT2D eigenvalue weighted by molar-refractivity contribution is 0.122. The number of rotatable bonds is 7. The van der Waals surface area contributed by atoms with E-state index in [1.807, 2.05) is 26.0 Å². The third-order valence-electron chi connectivity index (χ3n) is 3.84. The second-order valence-electron chi connectivity index (χ2n) is 5.84. The summed E-state index contributed by atoms with van der Waals surface area (Å²) >= 11 is 10.3. The van der Waals surface area contributed by atoms with E-state index in [0.717, 1.165) is 50.6 Å². The molecule has 0 aromatic heterocycles. The molecule has 1 aliphatic rings. The Morgan fingerprint density at radius 2 is 1.64 bits per heavy atom. The molecule has 0 radical (unpaired) electrons. The number of anilines is 1. The van der Waals surface area contributed by atoms with Gasteiger partial charge in [-0.15, -0.1) is 0 Å². The highest BCUT2D eigenvalue weighted by Crippen LogP contribution is 2.16. The van der Waals surface area contributed by atoms with Crippen molar-refractivity contribution in [3.8, 4) is 0 Å². The lowest BCUT2D eigenvalue weighted by atomic mass is 10.1. The third-order valence-corrected chi connectivity index (χ3v) is 4.32. The Labute approximate surface area is 176 Å². The quantitative estimate of drug-likeness (QED) is 0.297. The number of hydrazone groups is 2. The van der Waals surface area contributed by atoms with Crippen molar-refractivity contribution < 1.29 is 4.74 Å². The largest absolute Gasteiger partial charge is 0.378 e. The summed E-state index contributed by atoms with van der Waals surface area (Å²) in [6.45, 7) is 8.68. The fraction of sp³-hybridized carbons (Fsp3) is 0.444. The van der Waals surface area contributed by atoms with Crippen molar-refractivity contribution in [3.05, 3.63) is 29.8 Å². The predicted octanol–water partition coefficient (Wildman–Crippen LogP) is 1.18. The van der Waals surface area contributed by atoms with E-state index in [9.17, 15) is 0 Å². The van der Waals surface area contributed by atoms with E-state index in [-0.39, 0.29) is 0 Å². The summed E-state index contributed by atoms with van der Waals surface area (Å²) in [5, 5.41) is 15.4. The minimum Gasteiger partial charge on any atom is -0.378 e. The van der Waals surface area contributed by atoms with Crippen LogP contribution in [0.25, 0.3) is 0 Å². The van der Waals surface area contributed by atoms with Crippen molar-refractivity contribution in [1.29, 1.82) is 0 Å². The SMILES string of the molecule is CCNC(=S)N/N=C/C(=N/NC(=S)NCC)c1ccc(N2CCOCC2)cc1. The number of hydrogen-bond donors (Lipinski definition) is 4. The van der Waals surface area contributed by atoms with Crippen LogP contribution in [-0.2, 0) is 4.74 Å². The fourth-order valence-corrected chi connectivity index (χ4v) is 2.88. The molecule has 1 aromatic rings. The Morgan fingerprint density at radius 1 is 1.04 bits per heavy atom. The standard InChI is InChI=1S/C18H27N7OS2/c1-3-19-17(27)23-21-13-16(22-24-18(28)20-4-2)14-5-7-15(8-6-14)25-9-11-26-12-10-25/h5-8,13H,3-4,9-12H2,1-2H3,(H2,19,23,27)(H2,20,24,28)/b21-13+,22-16-. The molecule has 0 bridgehead atoms. The minimum absolute atomic E-state index is 0.453. The molecule has 8 nitrogen and oxygen atoms in total. The average Bonchev–Trinajstić information content (AvgIpc) is 2.72. The molecule has 0 unspecified atom stereocenters. The number of nitrogens with zero attached hydrogens (tertiary/aromatic N) is 3. The molecule has 1 aromatic carbocycles. The van der Waals surface area contributed by atoms with Crippen molar-refractivity contribution in [2.24, 2.45) is 10.2 Å². The third kappa shape index (κ3) is 7.37. The van der Waals surface area contributed by atoms with Crippen LogP contribution in [0.5, 0.6) is 0 Å². The van der Waals surface area contributed by atoms with Crippen molar-refractivity contribution in [3.63, 3.8) is 0 Å². The second kappa shape index (κ2) is 12.2. The monoisotopic (exact) mass is 421 g/mol. The smallest absolute Gasteiger partial charge is 0.186 e. The van der Waals surface area contributed by atoms with Crippen LogP contribution in [0.15, 0.2) is 34.5 Å². The number of benzene rings is 1. The zero-order valence-corrected chi connectivity index (χ0v) is 17.8. The summed E-state index contributed by atoms with van der Waals surface area (Å²) < 4.78 is 5.41. The normalized spacial score (nSPS) is 14.6. The van der Waals surface area contributed by atoms with Crippen LogP contribution in [0.1, 0.15) is 19.4 Å². The summed E-state index contributed by atoms with van der Waals surface area (Å²) in [6.07, 6.45) is 1.61. The molecule has 0 saturated carbocycles. The van der Waals surface area contributed by atoms with Gasteiger partial charge in [0.25, 0.3) is 0 Å². The molecule has 0 spiro atoms. The Bertz CT molecular complexity index is 700. The van der Waals surface area contributed by atoms with Crippen molar-refractivity contribution in [1.82, 2.24) is 21.5 Å². The van der Waals surface area contributed by atoms with E-state index < -0.39 is 0 Å². The van der Waals surface area contributed by atoms with Gasteiger partial charge in [-0.05, 0) is 50.4 Å².